The fraction of sp³-hybridized carbons (Fsp3) is 0.278. The van der Waals surface area contributed by atoms with E-state index in [1.165, 1.54) is 0 Å². The summed E-state index contributed by atoms with van der Waals surface area (Å²) >= 11 is 3.22. The minimum atomic E-state index is -0.0788. The van der Waals surface area contributed by atoms with Crippen LogP contribution >= 0.6 is 22.7 Å². The molecule has 1 atom stereocenters. The Morgan fingerprint density at radius 2 is 2.32 bits per heavy atom. The fourth-order valence-electron chi connectivity index (χ4n) is 2.99. The van der Waals surface area contributed by atoms with Gasteiger partial charge >= 0.3 is 0 Å². The highest BCUT2D eigenvalue weighted by atomic mass is 32.1. The highest BCUT2D eigenvalue weighted by Crippen LogP contribution is 2.28. The molecule has 128 valence electrons. The van der Waals surface area contributed by atoms with Gasteiger partial charge in [-0.05, 0) is 42.3 Å². The van der Waals surface area contributed by atoms with E-state index in [1.807, 2.05) is 29.0 Å². The Balaban J connectivity index is 1.42. The highest BCUT2D eigenvalue weighted by Gasteiger charge is 2.17. The summed E-state index contributed by atoms with van der Waals surface area (Å²) in [5.74, 6) is -0.0788. The van der Waals surface area contributed by atoms with Gasteiger partial charge < -0.3 is 11.1 Å². The second-order valence-corrected chi connectivity index (χ2v) is 7.98. The van der Waals surface area contributed by atoms with Crippen LogP contribution in [0.15, 0.2) is 35.2 Å². The lowest BCUT2D eigenvalue weighted by molar-refractivity contribution is -0.115. The predicted molar refractivity (Wildman–Crippen MR) is 102 cm³/mol. The van der Waals surface area contributed by atoms with Gasteiger partial charge in [-0.1, -0.05) is 6.07 Å². The molecular formula is C18H18N4OS2. The standard InChI is InChI=1S/C18H18N4OS2/c19-12-3-4-15-11(6-12)7-13(9-20-15)21-17(23)8-14-10-25-18(22-14)16-2-1-5-24-16/h1-2,5,7,9-10,12H,3-4,6,8,19H2,(H,21,23). The number of anilines is 1. The van der Waals surface area contributed by atoms with Gasteiger partial charge in [0.05, 0.1) is 28.9 Å². The zero-order valence-electron chi connectivity index (χ0n) is 13.6. The number of carbonyl (C=O) groups is 1. The number of amides is 1. The smallest absolute Gasteiger partial charge is 0.230 e. The van der Waals surface area contributed by atoms with Crippen molar-refractivity contribution in [2.45, 2.75) is 31.7 Å². The largest absolute Gasteiger partial charge is 0.327 e. The molecule has 5 nitrogen and oxygen atoms in total. The summed E-state index contributed by atoms with van der Waals surface area (Å²) in [5, 5.41) is 7.85. The van der Waals surface area contributed by atoms with Crippen LogP contribution in [0.5, 0.6) is 0 Å². The van der Waals surface area contributed by atoms with E-state index in [4.69, 9.17) is 5.73 Å². The minimum absolute atomic E-state index is 0.0788. The topological polar surface area (TPSA) is 80.9 Å². The molecule has 0 aliphatic heterocycles. The van der Waals surface area contributed by atoms with Crippen LogP contribution in [0, 0.1) is 0 Å². The van der Waals surface area contributed by atoms with Crippen LogP contribution < -0.4 is 11.1 Å². The van der Waals surface area contributed by atoms with Crippen molar-refractivity contribution in [1.29, 1.82) is 0 Å². The summed E-state index contributed by atoms with van der Waals surface area (Å²) in [5.41, 5.74) is 9.78. The van der Waals surface area contributed by atoms with Crippen LogP contribution in [0.25, 0.3) is 9.88 Å². The van der Waals surface area contributed by atoms with Crippen molar-refractivity contribution >= 4 is 34.3 Å². The van der Waals surface area contributed by atoms with Gasteiger partial charge in [0.15, 0.2) is 0 Å². The Kier molecular flexibility index (Phi) is 4.61. The summed E-state index contributed by atoms with van der Waals surface area (Å²) in [6.07, 6.45) is 4.70. The third-order valence-electron chi connectivity index (χ3n) is 4.20. The number of thiophene rings is 1. The molecule has 1 aliphatic rings. The Bertz CT molecular complexity index is 888. The van der Waals surface area contributed by atoms with Gasteiger partial charge in [0.25, 0.3) is 0 Å². The third-order valence-corrected chi connectivity index (χ3v) is 6.13. The molecule has 0 saturated carbocycles. The summed E-state index contributed by atoms with van der Waals surface area (Å²) in [6.45, 7) is 0. The van der Waals surface area contributed by atoms with E-state index >= 15 is 0 Å². The minimum Gasteiger partial charge on any atom is -0.327 e. The van der Waals surface area contributed by atoms with E-state index in [0.29, 0.717) is 0 Å². The number of aromatic nitrogens is 2. The van der Waals surface area contributed by atoms with Gasteiger partial charge in [-0.2, -0.15) is 0 Å². The molecule has 0 radical (unpaired) electrons. The third kappa shape index (κ3) is 3.78. The van der Waals surface area contributed by atoms with Crippen molar-refractivity contribution in [3.05, 3.63) is 52.1 Å². The number of fused-ring (bicyclic) bond motifs is 1. The number of thiazole rings is 1. The van der Waals surface area contributed by atoms with Crippen LogP contribution in [0.3, 0.4) is 0 Å². The van der Waals surface area contributed by atoms with E-state index in [0.717, 1.165) is 51.8 Å². The molecule has 0 bridgehead atoms. The number of pyridine rings is 1. The monoisotopic (exact) mass is 370 g/mol. The Morgan fingerprint density at radius 3 is 3.16 bits per heavy atom. The molecule has 0 spiro atoms. The van der Waals surface area contributed by atoms with Gasteiger partial charge in [-0.3, -0.25) is 9.78 Å². The molecule has 0 saturated heterocycles. The summed E-state index contributed by atoms with van der Waals surface area (Å²) in [7, 11) is 0. The summed E-state index contributed by atoms with van der Waals surface area (Å²) < 4.78 is 0. The van der Waals surface area contributed by atoms with E-state index in [-0.39, 0.29) is 18.4 Å². The van der Waals surface area contributed by atoms with Crippen molar-refractivity contribution in [3.63, 3.8) is 0 Å². The molecule has 4 rings (SSSR count). The average Bonchev–Trinajstić information content (AvgIpc) is 3.25. The van der Waals surface area contributed by atoms with Gasteiger partial charge in [-0.15, -0.1) is 22.7 Å². The number of carbonyl (C=O) groups excluding carboxylic acids is 1. The first-order chi connectivity index (χ1) is 12.2. The van der Waals surface area contributed by atoms with Crippen LogP contribution in [-0.2, 0) is 24.1 Å². The van der Waals surface area contributed by atoms with Crippen LogP contribution in [0.2, 0.25) is 0 Å². The van der Waals surface area contributed by atoms with Crippen LogP contribution in [0.4, 0.5) is 5.69 Å². The Labute approximate surface area is 154 Å². The molecule has 0 aromatic carbocycles. The number of aryl methyl sites for hydroxylation is 1. The number of nitrogens with one attached hydrogen (secondary N) is 1. The first-order valence-corrected chi connectivity index (χ1v) is 9.95. The van der Waals surface area contributed by atoms with Gasteiger partial charge in [-0.25, -0.2) is 4.98 Å². The number of hydrogen-bond acceptors (Lipinski definition) is 6. The van der Waals surface area contributed by atoms with Crippen molar-refractivity contribution in [1.82, 2.24) is 9.97 Å². The zero-order valence-corrected chi connectivity index (χ0v) is 15.2. The summed E-state index contributed by atoms with van der Waals surface area (Å²) in [4.78, 5) is 22.5. The predicted octanol–water partition coefficient (Wildman–Crippen LogP) is 3.26. The van der Waals surface area contributed by atoms with E-state index in [2.05, 4.69) is 15.3 Å². The zero-order chi connectivity index (χ0) is 17.2. The normalized spacial score (nSPS) is 16.4. The summed E-state index contributed by atoms with van der Waals surface area (Å²) in [6, 6.07) is 6.22. The molecule has 1 unspecified atom stereocenters. The molecule has 7 heteroatoms. The Hall–Kier alpha value is -2.09. The molecule has 3 N–H and O–H groups in total. The molecule has 0 fully saturated rings. The average molecular weight is 371 g/mol. The molecule has 1 aliphatic carbocycles. The van der Waals surface area contributed by atoms with Crippen LogP contribution in [0.1, 0.15) is 23.4 Å². The molecule has 1 amide bonds. The van der Waals surface area contributed by atoms with Crippen molar-refractivity contribution in [3.8, 4) is 9.88 Å². The van der Waals surface area contributed by atoms with Crippen molar-refractivity contribution in [2.24, 2.45) is 5.73 Å². The maximum atomic E-state index is 12.3. The van der Waals surface area contributed by atoms with E-state index in [9.17, 15) is 4.79 Å². The van der Waals surface area contributed by atoms with Crippen molar-refractivity contribution in [2.75, 3.05) is 5.32 Å². The maximum Gasteiger partial charge on any atom is 0.230 e. The second-order valence-electron chi connectivity index (χ2n) is 6.18. The quantitative estimate of drug-likeness (QED) is 0.739. The molecule has 3 aromatic rings. The molecule has 25 heavy (non-hydrogen) atoms. The SMILES string of the molecule is NC1CCc2ncc(NC(=O)Cc3csc(-c4cccs4)n3)cc2C1. The highest BCUT2D eigenvalue weighted by molar-refractivity contribution is 7.20. The van der Waals surface area contributed by atoms with Crippen molar-refractivity contribution < 1.29 is 4.79 Å². The number of hydrogen-bond donors (Lipinski definition) is 2. The fourth-order valence-corrected chi connectivity index (χ4v) is 4.62. The molecule has 3 aromatic heterocycles. The van der Waals surface area contributed by atoms with E-state index in [1.54, 1.807) is 28.9 Å². The lowest BCUT2D eigenvalue weighted by Crippen LogP contribution is -2.28. The molecular weight excluding hydrogens is 352 g/mol. The Morgan fingerprint density at radius 1 is 1.40 bits per heavy atom. The first kappa shape index (κ1) is 16.4. The lowest BCUT2D eigenvalue weighted by Gasteiger charge is -2.21. The number of rotatable bonds is 4. The molecule has 3 heterocycles. The van der Waals surface area contributed by atoms with Crippen LogP contribution in [-0.4, -0.2) is 21.9 Å². The lowest BCUT2D eigenvalue weighted by atomic mass is 9.92. The first-order valence-electron chi connectivity index (χ1n) is 8.19. The van der Waals surface area contributed by atoms with E-state index < -0.39 is 0 Å². The number of nitrogens with zero attached hydrogens (tertiary/aromatic N) is 2. The van der Waals surface area contributed by atoms with Gasteiger partial charge in [0.1, 0.15) is 5.01 Å². The van der Waals surface area contributed by atoms with Gasteiger partial charge in [0, 0.05) is 17.1 Å². The van der Waals surface area contributed by atoms with Gasteiger partial charge in [0.2, 0.25) is 5.91 Å². The second kappa shape index (κ2) is 7.03. The number of nitrogens with two attached hydrogens (primary N) is 1. The maximum absolute atomic E-state index is 12.3.